The molecule has 3 aromatic rings. The fourth-order valence-corrected chi connectivity index (χ4v) is 2.73. The van der Waals surface area contributed by atoms with Gasteiger partial charge in [-0.2, -0.15) is 0 Å². The van der Waals surface area contributed by atoms with E-state index in [4.69, 9.17) is 9.15 Å². The fourth-order valence-electron chi connectivity index (χ4n) is 2.73. The van der Waals surface area contributed by atoms with Gasteiger partial charge in [-0.15, -0.1) is 0 Å². The van der Waals surface area contributed by atoms with Crippen LogP contribution in [0.3, 0.4) is 0 Å². The van der Waals surface area contributed by atoms with Crippen LogP contribution in [-0.4, -0.2) is 12.9 Å². The molecule has 0 unspecified atom stereocenters. The van der Waals surface area contributed by atoms with Gasteiger partial charge < -0.3 is 9.15 Å². The second-order valence-corrected chi connectivity index (χ2v) is 4.87. The molecule has 0 saturated carbocycles. The number of carbonyl (C=O) groups is 1. The Bertz CT molecular complexity index is 966. The summed E-state index contributed by atoms with van der Waals surface area (Å²) < 4.78 is 10.8. The smallest absolute Gasteiger partial charge is 0.229 e. The first-order valence-corrected chi connectivity index (χ1v) is 6.49. The first-order valence-electron chi connectivity index (χ1n) is 6.49. The normalized spacial score (nSPS) is 12.3. The van der Waals surface area contributed by atoms with Gasteiger partial charge in [-0.1, -0.05) is 24.3 Å². The molecule has 0 amide bonds. The third-order valence-electron chi connectivity index (χ3n) is 3.75. The highest BCUT2D eigenvalue weighted by molar-refractivity contribution is 6.20. The lowest BCUT2D eigenvalue weighted by molar-refractivity contribution is 0.102. The average molecular weight is 278 g/mol. The van der Waals surface area contributed by atoms with Crippen LogP contribution in [0.25, 0.3) is 22.1 Å². The van der Waals surface area contributed by atoms with E-state index in [1.165, 1.54) is 7.11 Å². The minimum Gasteiger partial charge on any atom is -0.497 e. The van der Waals surface area contributed by atoms with Crippen molar-refractivity contribution in [2.45, 2.75) is 0 Å². The summed E-state index contributed by atoms with van der Waals surface area (Å²) in [7, 11) is 1.54. The zero-order valence-electron chi connectivity index (χ0n) is 11.2. The molecule has 1 heterocycles. The Hall–Kier alpha value is -2.88. The van der Waals surface area contributed by atoms with E-state index in [1.807, 2.05) is 0 Å². The van der Waals surface area contributed by atoms with Crippen LogP contribution in [0, 0.1) is 0 Å². The molecule has 0 aliphatic heterocycles. The number of fused-ring (bicyclic) bond motifs is 4. The average Bonchev–Trinajstić information content (AvgIpc) is 2.81. The van der Waals surface area contributed by atoms with Gasteiger partial charge >= 0.3 is 0 Å². The monoisotopic (exact) mass is 278 g/mol. The van der Waals surface area contributed by atoms with Crippen LogP contribution < -0.4 is 10.2 Å². The highest BCUT2D eigenvalue weighted by atomic mass is 16.5. The van der Waals surface area contributed by atoms with Crippen molar-refractivity contribution in [3.05, 3.63) is 64.0 Å². The Morgan fingerprint density at radius 2 is 1.76 bits per heavy atom. The fraction of sp³-hybridized carbons (Fsp3) is 0.0588. The van der Waals surface area contributed by atoms with Gasteiger partial charge in [0.2, 0.25) is 11.2 Å². The third-order valence-corrected chi connectivity index (χ3v) is 3.75. The van der Waals surface area contributed by atoms with E-state index in [-0.39, 0.29) is 17.0 Å². The van der Waals surface area contributed by atoms with E-state index in [1.54, 1.807) is 42.5 Å². The van der Waals surface area contributed by atoms with Gasteiger partial charge in [0.05, 0.1) is 18.1 Å². The van der Waals surface area contributed by atoms with Gasteiger partial charge in [-0.25, -0.2) is 0 Å². The van der Waals surface area contributed by atoms with E-state index in [9.17, 15) is 9.59 Å². The standard InChI is InChI=1S/C17H10O4/c1-20-9-6-7-12-13(8-9)21-17-14(15(12)18)10-4-2-3-5-11(10)16(17)19/h2-8H,1H3. The molecule has 4 rings (SSSR count). The van der Waals surface area contributed by atoms with Gasteiger partial charge in [0.15, 0.2) is 5.76 Å². The van der Waals surface area contributed by atoms with Crippen LogP contribution >= 0.6 is 0 Å². The molecule has 4 heteroatoms. The molecule has 1 aliphatic rings. The lowest BCUT2D eigenvalue weighted by Gasteiger charge is -2.04. The van der Waals surface area contributed by atoms with E-state index < -0.39 is 0 Å². The van der Waals surface area contributed by atoms with Gasteiger partial charge in [0.1, 0.15) is 11.3 Å². The Labute approximate surface area is 119 Å². The molecule has 2 aromatic carbocycles. The van der Waals surface area contributed by atoms with Crippen LogP contribution in [-0.2, 0) is 0 Å². The second-order valence-electron chi connectivity index (χ2n) is 4.87. The lowest BCUT2D eigenvalue weighted by Crippen LogP contribution is -2.07. The molecule has 21 heavy (non-hydrogen) atoms. The Morgan fingerprint density at radius 3 is 2.52 bits per heavy atom. The Kier molecular flexibility index (Phi) is 2.30. The number of ether oxygens (including phenoxy) is 1. The number of hydrogen-bond donors (Lipinski definition) is 0. The molecule has 1 aliphatic carbocycles. The molecule has 0 spiro atoms. The van der Waals surface area contributed by atoms with Crippen molar-refractivity contribution in [3.8, 4) is 16.9 Å². The quantitative estimate of drug-likeness (QED) is 0.537. The van der Waals surface area contributed by atoms with Crippen LogP contribution in [0.2, 0.25) is 0 Å². The molecule has 0 atom stereocenters. The van der Waals surface area contributed by atoms with Crippen LogP contribution in [0.1, 0.15) is 16.1 Å². The number of benzene rings is 2. The summed E-state index contributed by atoms with van der Waals surface area (Å²) in [6.07, 6.45) is 0. The van der Waals surface area contributed by atoms with E-state index in [2.05, 4.69) is 0 Å². The molecular weight excluding hydrogens is 268 g/mol. The van der Waals surface area contributed by atoms with Crippen molar-refractivity contribution in [1.29, 1.82) is 0 Å². The van der Waals surface area contributed by atoms with Gasteiger partial charge in [-0.05, 0) is 12.1 Å². The zero-order chi connectivity index (χ0) is 14.6. The summed E-state index contributed by atoms with van der Waals surface area (Å²) in [5, 5.41) is 0.444. The van der Waals surface area contributed by atoms with Crippen LogP contribution in [0.15, 0.2) is 51.7 Å². The summed E-state index contributed by atoms with van der Waals surface area (Å²) in [5.41, 5.74) is 1.68. The first kappa shape index (κ1) is 11.9. The highest BCUT2D eigenvalue weighted by Crippen LogP contribution is 2.36. The molecular formula is C17H10O4. The number of hydrogen-bond acceptors (Lipinski definition) is 4. The van der Waals surface area contributed by atoms with Crippen LogP contribution in [0.5, 0.6) is 5.75 Å². The summed E-state index contributed by atoms with van der Waals surface area (Å²) in [4.78, 5) is 25.0. The molecule has 0 radical (unpaired) electrons. The summed E-state index contributed by atoms with van der Waals surface area (Å²) in [6.45, 7) is 0. The minimum absolute atomic E-state index is 0.113. The Balaban J connectivity index is 2.14. The van der Waals surface area contributed by atoms with E-state index in [0.717, 1.165) is 0 Å². The molecule has 0 N–H and O–H groups in total. The molecule has 0 saturated heterocycles. The van der Waals surface area contributed by atoms with Crippen molar-refractivity contribution in [3.63, 3.8) is 0 Å². The SMILES string of the molecule is COc1ccc2c(=O)c3c(oc2c1)C(=O)c1ccccc1-3. The van der Waals surface area contributed by atoms with Gasteiger partial charge in [-0.3, -0.25) is 9.59 Å². The number of methoxy groups -OCH3 is 1. The van der Waals surface area contributed by atoms with Crippen molar-refractivity contribution in [2.75, 3.05) is 7.11 Å². The zero-order valence-corrected chi connectivity index (χ0v) is 11.2. The van der Waals surface area contributed by atoms with Gasteiger partial charge in [0.25, 0.3) is 0 Å². The molecule has 102 valence electrons. The summed E-state index contributed by atoms with van der Waals surface area (Å²) in [6, 6.07) is 12.0. The maximum absolute atomic E-state index is 12.7. The van der Waals surface area contributed by atoms with Crippen molar-refractivity contribution in [2.24, 2.45) is 0 Å². The first-order chi connectivity index (χ1) is 10.2. The highest BCUT2D eigenvalue weighted by Gasteiger charge is 2.32. The largest absolute Gasteiger partial charge is 0.497 e. The number of rotatable bonds is 1. The topological polar surface area (TPSA) is 56.5 Å². The predicted molar refractivity (Wildman–Crippen MR) is 77.9 cm³/mol. The summed E-state index contributed by atoms with van der Waals surface area (Å²) in [5.74, 6) is 0.443. The number of carbonyl (C=O) groups excluding carboxylic acids is 1. The molecule has 4 nitrogen and oxygen atoms in total. The van der Waals surface area contributed by atoms with Crippen molar-refractivity contribution >= 4 is 16.8 Å². The van der Waals surface area contributed by atoms with Crippen LogP contribution in [0.4, 0.5) is 0 Å². The van der Waals surface area contributed by atoms with E-state index in [0.29, 0.717) is 33.4 Å². The van der Waals surface area contributed by atoms with Gasteiger partial charge in [0, 0.05) is 17.2 Å². The summed E-state index contributed by atoms with van der Waals surface area (Å²) >= 11 is 0. The van der Waals surface area contributed by atoms with Crippen molar-refractivity contribution < 1.29 is 13.9 Å². The second kappa shape index (κ2) is 4.06. The number of ketones is 1. The third kappa shape index (κ3) is 1.50. The maximum atomic E-state index is 12.7. The lowest BCUT2D eigenvalue weighted by atomic mass is 10.1. The maximum Gasteiger partial charge on any atom is 0.229 e. The molecule has 0 bridgehead atoms. The Morgan fingerprint density at radius 1 is 1.00 bits per heavy atom. The predicted octanol–water partition coefficient (Wildman–Crippen LogP) is 3.01. The van der Waals surface area contributed by atoms with E-state index >= 15 is 0 Å². The van der Waals surface area contributed by atoms with Crippen molar-refractivity contribution in [1.82, 2.24) is 0 Å². The molecule has 1 aromatic heterocycles. The minimum atomic E-state index is -0.248. The molecule has 0 fully saturated rings.